The number of nitrogens with one attached hydrogen (secondary N) is 1. The molecule has 3 aromatic carbocycles. The molecule has 1 amide bonds. The minimum Gasteiger partial charge on any atom is -0.462 e. The number of benzene rings is 3. The van der Waals surface area contributed by atoms with Gasteiger partial charge in [0.05, 0.1) is 22.8 Å². The number of anilines is 1. The molecule has 188 valence electrons. The molecule has 3 aromatic rings. The van der Waals surface area contributed by atoms with Crippen LogP contribution in [0.2, 0.25) is 0 Å². The number of esters is 1. The van der Waals surface area contributed by atoms with Crippen molar-refractivity contribution >= 4 is 27.6 Å². The zero-order chi connectivity index (χ0) is 25.5. The van der Waals surface area contributed by atoms with Crippen LogP contribution < -0.4 is 5.32 Å². The van der Waals surface area contributed by atoms with E-state index in [0.29, 0.717) is 54.4 Å². The Balaban J connectivity index is 1.33. The number of sulfonamides is 1. The van der Waals surface area contributed by atoms with Gasteiger partial charge in [-0.1, -0.05) is 42.5 Å². The number of rotatable bonds is 8. The van der Waals surface area contributed by atoms with Gasteiger partial charge < -0.3 is 10.1 Å². The topological polar surface area (TPSA) is 96.0 Å². The quantitative estimate of drug-likeness (QED) is 0.468. The summed E-state index contributed by atoms with van der Waals surface area (Å²) in [6, 6.07) is 22.5. The number of carbonyl (C=O) groups excluding carboxylic acids is 2. The molecule has 1 aliphatic rings. The van der Waals surface area contributed by atoms with Gasteiger partial charge in [-0.3, -0.25) is 9.69 Å². The van der Waals surface area contributed by atoms with Gasteiger partial charge >= 0.3 is 5.97 Å². The molecule has 8 nitrogen and oxygen atoms in total. The third-order valence-electron chi connectivity index (χ3n) is 6.01. The standard InChI is InChI=1S/C27H29N3O5S/c1-2-35-27(32)24-10-6-7-11-25(24)28-26(31)22-14-12-21(13-15-22)20-29-16-18-30(19-17-29)36(33,34)23-8-4-3-5-9-23/h3-15H,2,16-20H2,1H3,(H,28,31). The highest BCUT2D eigenvalue weighted by Gasteiger charge is 2.28. The fraction of sp³-hybridized carbons (Fsp3) is 0.259. The van der Waals surface area contributed by atoms with Crippen LogP contribution in [0, 0.1) is 0 Å². The summed E-state index contributed by atoms with van der Waals surface area (Å²) >= 11 is 0. The second-order valence-corrected chi connectivity index (χ2v) is 10.3. The second-order valence-electron chi connectivity index (χ2n) is 8.41. The number of para-hydroxylation sites is 1. The summed E-state index contributed by atoms with van der Waals surface area (Å²) < 4.78 is 32.2. The van der Waals surface area contributed by atoms with Gasteiger partial charge in [0, 0.05) is 38.3 Å². The van der Waals surface area contributed by atoms with Crippen LogP contribution in [0.4, 0.5) is 5.69 Å². The zero-order valence-corrected chi connectivity index (χ0v) is 20.9. The van der Waals surface area contributed by atoms with E-state index in [0.717, 1.165) is 5.56 Å². The van der Waals surface area contributed by atoms with Crippen LogP contribution in [0.5, 0.6) is 0 Å². The van der Waals surface area contributed by atoms with Crippen molar-refractivity contribution in [2.24, 2.45) is 0 Å². The van der Waals surface area contributed by atoms with Crippen molar-refractivity contribution in [3.8, 4) is 0 Å². The molecule has 4 rings (SSSR count). The average molecular weight is 508 g/mol. The Hall–Kier alpha value is -3.53. The third-order valence-corrected chi connectivity index (χ3v) is 7.92. The first-order valence-corrected chi connectivity index (χ1v) is 13.3. The number of ether oxygens (including phenoxy) is 1. The molecule has 9 heteroatoms. The highest BCUT2D eigenvalue weighted by molar-refractivity contribution is 7.89. The van der Waals surface area contributed by atoms with E-state index in [-0.39, 0.29) is 12.5 Å². The molecule has 0 spiro atoms. The number of carbonyl (C=O) groups is 2. The summed E-state index contributed by atoms with van der Waals surface area (Å²) in [6.45, 7) is 4.74. The lowest BCUT2D eigenvalue weighted by molar-refractivity contribution is 0.0527. The molecule has 0 atom stereocenters. The molecule has 0 aromatic heterocycles. The normalized spacial score (nSPS) is 14.8. The van der Waals surface area contributed by atoms with Gasteiger partial charge in [0.25, 0.3) is 5.91 Å². The van der Waals surface area contributed by atoms with Crippen molar-refractivity contribution in [1.29, 1.82) is 0 Å². The van der Waals surface area contributed by atoms with Crippen LogP contribution in [0.1, 0.15) is 33.2 Å². The number of amides is 1. The summed E-state index contributed by atoms with van der Waals surface area (Å²) in [4.78, 5) is 27.4. The Morgan fingerprint density at radius 2 is 1.50 bits per heavy atom. The van der Waals surface area contributed by atoms with Gasteiger partial charge in [-0.2, -0.15) is 4.31 Å². The lowest BCUT2D eigenvalue weighted by atomic mass is 10.1. The van der Waals surface area contributed by atoms with Crippen molar-refractivity contribution in [1.82, 2.24) is 9.21 Å². The predicted octanol–water partition coefficient (Wildman–Crippen LogP) is 3.62. The Kier molecular flexibility index (Phi) is 8.14. The molecule has 1 heterocycles. The highest BCUT2D eigenvalue weighted by Crippen LogP contribution is 2.20. The predicted molar refractivity (Wildman–Crippen MR) is 137 cm³/mol. The van der Waals surface area contributed by atoms with Crippen molar-refractivity contribution in [3.63, 3.8) is 0 Å². The van der Waals surface area contributed by atoms with Gasteiger partial charge in [-0.15, -0.1) is 0 Å². The number of piperazine rings is 1. The van der Waals surface area contributed by atoms with E-state index in [9.17, 15) is 18.0 Å². The third kappa shape index (κ3) is 5.99. The van der Waals surface area contributed by atoms with Crippen molar-refractivity contribution in [2.75, 3.05) is 38.1 Å². The van der Waals surface area contributed by atoms with Gasteiger partial charge in [0.15, 0.2) is 0 Å². The Morgan fingerprint density at radius 1 is 0.861 bits per heavy atom. The number of hydrogen-bond donors (Lipinski definition) is 1. The molecule has 0 radical (unpaired) electrons. The summed E-state index contributed by atoms with van der Waals surface area (Å²) in [5.41, 5.74) is 2.19. The van der Waals surface area contributed by atoms with Crippen LogP contribution in [0.15, 0.2) is 83.8 Å². The maximum atomic E-state index is 12.8. The molecule has 1 N–H and O–H groups in total. The molecule has 1 fully saturated rings. The summed E-state index contributed by atoms with van der Waals surface area (Å²) in [5, 5.41) is 2.79. The van der Waals surface area contributed by atoms with Gasteiger partial charge in [-0.25, -0.2) is 13.2 Å². The van der Waals surface area contributed by atoms with Crippen molar-refractivity contribution in [2.45, 2.75) is 18.4 Å². The van der Waals surface area contributed by atoms with E-state index in [1.807, 2.05) is 12.1 Å². The molecule has 1 saturated heterocycles. The zero-order valence-electron chi connectivity index (χ0n) is 20.1. The first-order chi connectivity index (χ1) is 17.4. The smallest absolute Gasteiger partial charge is 0.340 e. The van der Waals surface area contributed by atoms with E-state index in [1.165, 1.54) is 4.31 Å². The first kappa shape index (κ1) is 25.6. The molecule has 0 aliphatic carbocycles. The lowest BCUT2D eigenvalue weighted by Gasteiger charge is -2.34. The molecule has 36 heavy (non-hydrogen) atoms. The van der Waals surface area contributed by atoms with E-state index in [4.69, 9.17) is 4.74 Å². The van der Waals surface area contributed by atoms with Crippen LogP contribution in [0.3, 0.4) is 0 Å². The summed E-state index contributed by atoms with van der Waals surface area (Å²) in [6.07, 6.45) is 0. The maximum Gasteiger partial charge on any atom is 0.340 e. The SMILES string of the molecule is CCOC(=O)c1ccccc1NC(=O)c1ccc(CN2CCN(S(=O)(=O)c3ccccc3)CC2)cc1. The largest absolute Gasteiger partial charge is 0.462 e. The van der Waals surface area contributed by atoms with Gasteiger partial charge in [0.1, 0.15) is 0 Å². The Bertz CT molecular complexity index is 1300. The maximum absolute atomic E-state index is 12.8. The number of nitrogens with zero attached hydrogens (tertiary/aromatic N) is 2. The molecular formula is C27H29N3O5S. The first-order valence-electron chi connectivity index (χ1n) is 11.8. The lowest BCUT2D eigenvalue weighted by Crippen LogP contribution is -2.48. The fourth-order valence-corrected chi connectivity index (χ4v) is 5.51. The van der Waals surface area contributed by atoms with Crippen LogP contribution in [-0.4, -0.2) is 62.3 Å². The van der Waals surface area contributed by atoms with E-state index < -0.39 is 16.0 Å². The second kappa shape index (κ2) is 11.5. The Morgan fingerprint density at radius 3 is 2.17 bits per heavy atom. The van der Waals surface area contributed by atoms with Crippen molar-refractivity contribution in [3.05, 3.63) is 95.6 Å². The molecule has 0 unspecified atom stereocenters. The molecule has 1 aliphatic heterocycles. The average Bonchev–Trinajstić information content (AvgIpc) is 2.90. The van der Waals surface area contributed by atoms with E-state index in [2.05, 4.69) is 10.2 Å². The monoisotopic (exact) mass is 507 g/mol. The summed E-state index contributed by atoms with van der Waals surface area (Å²) in [5.74, 6) is -0.807. The fourth-order valence-electron chi connectivity index (χ4n) is 4.06. The van der Waals surface area contributed by atoms with Gasteiger partial charge in [-0.05, 0) is 48.9 Å². The molecular weight excluding hydrogens is 478 g/mol. The summed E-state index contributed by atoms with van der Waals surface area (Å²) in [7, 11) is -3.48. The van der Waals surface area contributed by atoms with E-state index in [1.54, 1.807) is 73.7 Å². The van der Waals surface area contributed by atoms with E-state index >= 15 is 0 Å². The van der Waals surface area contributed by atoms with Crippen LogP contribution in [-0.2, 0) is 21.3 Å². The Labute approximate surface area is 211 Å². The highest BCUT2D eigenvalue weighted by atomic mass is 32.2. The minimum atomic E-state index is -3.48. The molecule has 0 saturated carbocycles. The minimum absolute atomic E-state index is 0.250. The van der Waals surface area contributed by atoms with Crippen molar-refractivity contribution < 1.29 is 22.7 Å². The van der Waals surface area contributed by atoms with Crippen LogP contribution in [0.25, 0.3) is 0 Å². The van der Waals surface area contributed by atoms with Gasteiger partial charge in [0.2, 0.25) is 10.0 Å². The molecule has 0 bridgehead atoms. The van der Waals surface area contributed by atoms with Crippen LogP contribution >= 0.6 is 0 Å². The number of hydrogen-bond acceptors (Lipinski definition) is 6.